The van der Waals surface area contributed by atoms with Crippen molar-refractivity contribution in [2.75, 3.05) is 7.11 Å². The standard InChI is InChI=1S/C14H17N5O/c1-9-5-11(7-15-10-3-4-10)19-14(18-9)12-6-13(20-2)17-8-16-12/h5-6,8,10,15H,3-4,7H2,1-2H3. The number of hydrogen-bond donors (Lipinski definition) is 1. The Bertz CT molecular complexity index is 612. The monoisotopic (exact) mass is 271 g/mol. The Balaban J connectivity index is 1.86. The first-order valence-electron chi connectivity index (χ1n) is 6.69. The number of rotatable bonds is 5. The molecule has 1 saturated carbocycles. The molecule has 0 amide bonds. The van der Waals surface area contributed by atoms with E-state index in [2.05, 4.69) is 25.3 Å². The van der Waals surface area contributed by atoms with Gasteiger partial charge in [0, 0.05) is 24.3 Å². The zero-order valence-corrected chi connectivity index (χ0v) is 11.6. The first kappa shape index (κ1) is 12.9. The average Bonchev–Trinajstić information content (AvgIpc) is 3.29. The van der Waals surface area contributed by atoms with Gasteiger partial charge in [0.25, 0.3) is 0 Å². The summed E-state index contributed by atoms with van der Waals surface area (Å²) in [6.07, 6.45) is 3.99. The smallest absolute Gasteiger partial charge is 0.216 e. The van der Waals surface area contributed by atoms with Gasteiger partial charge >= 0.3 is 0 Å². The number of hydrogen-bond acceptors (Lipinski definition) is 6. The Labute approximate surface area is 117 Å². The van der Waals surface area contributed by atoms with Crippen molar-refractivity contribution in [1.29, 1.82) is 0 Å². The van der Waals surface area contributed by atoms with E-state index >= 15 is 0 Å². The lowest BCUT2D eigenvalue weighted by molar-refractivity contribution is 0.397. The van der Waals surface area contributed by atoms with Gasteiger partial charge in [-0.2, -0.15) is 0 Å². The second kappa shape index (κ2) is 5.50. The van der Waals surface area contributed by atoms with Gasteiger partial charge < -0.3 is 10.1 Å². The van der Waals surface area contributed by atoms with Crippen molar-refractivity contribution in [3.63, 3.8) is 0 Å². The molecule has 1 aliphatic rings. The van der Waals surface area contributed by atoms with Gasteiger partial charge in [-0.05, 0) is 25.8 Å². The van der Waals surface area contributed by atoms with Gasteiger partial charge in [0.1, 0.15) is 12.0 Å². The molecule has 0 aromatic carbocycles. The summed E-state index contributed by atoms with van der Waals surface area (Å²) in [5.74, 6) is 1.12. The molecule has 2 aromatic rings. The van der Waals surface area contributed by atoms with Gasteiger partial charge in [0.05, 0.1) is 12.8 Å². The van der Waals surface area contributed by atoms with Gasteiger partial charge in [-0.3, -0.25) is 0 Å². The molecule has 3 rings (SSSR count). The van der Waals surface area contributed by atoms with Crippen LogP contribution in [0.15, 0.2) is 18.5 Å². The lowest BCUT2D eigenvalue weighted by Crippen LogP contribution is -2.17. The Morgan fingerprint density at radius 2 is 2.10 bits per heavy atom. The number of aryl methyl sites for hydroxylation is 1. The molecule has 0 saturated heterocycles. The molecule has 0 aliphatic heterocycles. The fourth-order valence-electron chi connectivity index (χ4n) is 1.95. The van der Waals surface area contributed by atoms with Crippen LogP contribution in [0, 0.1) is 6.92 Å². The summed E-state index contributed by atoms with van der Waals surface area (Å²) in [4.78, 5) is 17.2. The third-order valence-electron chi connectivity index (χ3n) is 3.14. The Hall–Kier alpha value is -2.08. The molecule has 0 atom stereocenters. The SMILES string of the molecule is COc1cc(-c2nc(C)cc(CNC3CC3)n2)ncn1. The summed E-state index contributed by atoms with van der Waals surface area (Å²) in [6, 6.07) is 4.40. The van der Waals surface area contributed by atoms with E-state index in [4.69, 9.17) is 4.74 Å². The summed E-state index contributed by atoms with van der Waals surface area (Å²) in [7, 11) is 1.58. The van der Waals surface area contributed by atoms with Crippen LogP contribution in [0.2, 0.25) is 0 Å². The van der Waals surface area contributed by atoms with Crippen LogP contribution in [0.25, 0.3) is 11.5 Å². The van der Waals surface area contributed by atoms with Gasteiger partial charge in [-0.1, -0.05) is 0 Å². The minimum atomic E-state index is 0.512. The molecule has 20 heavy (non-hydrogen) atoms. The van der Waals surface area contributed by atoms with Crippen molar-refractivity contribution in [2.45, 2.75) is 32.4 Å². The van der Waals surface area contributed by atoms with E-state index < -0.39 is 0 Å². The van der Waals surface area contributed by atoms with Crippen molar-refractivity contribution in [1.82, 2.24) is 25.3 Å². The van der Waals surface area contributed by atoms with Crippen LogP contribution in [-0.2, 0) is 6.54 Å². The summed E-state index contributed by atoms with van der Waals surface area (Å²) >= 11 is 0. The van der Waals surface area contributed by atoms with Crippen LogP contribution >= 0.6 is 0 Å². The van der Waals surface area contributed by atoms with Gasteiger partial charge in [0.2, 0.25) is 5.88 Å². The van der Waals surface area contributed by atoms with Crippen molar-refractivity contribution in [2.24, 2.45) is 0 Å². The van der Waals surface area contributed by atoms with Crippen molar-refractivity contribution >= 4 is 0 Å². The van der Waals surface area contributed by atoms with E-state index in [1.807, 2.05) is 13.0 Å². The van der Waals surface area contributed by atoms with Crippen LogP contribution in [0.5, 0.6) is 5.88 Å². The molecule has 2 aromatic heterocycles. The predicted octanol–water partition coefficient (Wildman–Crippen LogP) is 1.50. The van der Waals surface area contributed by atoms with Crippen LogP contribution in [0.4, 0.5) is 0 Å². The fraction of sp³-hybridized carbons (Fsp3) is 0.429. The maximum Gasteiger partial charge on any atom is 0.216 e. The Kier molecular flexibility index (Phi) is 3.56. The highest BCUT2D eigenvalue weighted by Gasteiger charge is 2.20. The third-order valence-corrected chi connectivity index (χ3v) is 3.14. The topological polar surface area (TPSA) is 72.8 Å². The lowest BCUT2D eigenvalue weighted by Gasteiger charge is -2.07. The van der Waals surface area contributed by atoms with Gasteiger partial charge in [-0.25, -0.2) is 19.9 Å². The summed E-state index contributed by atoms with van der Waals surface area (Å²) in [5.41, 5.74) is 2.59. The molecular weight excluding hydrogens is 254 g/mol. The number of ether oxygens (including phenoxy) is 1. The van der Waals surface area contributed by atoms with Crippen LogP contribution in [-0.4, -0.2) is 33.1 Å². The number of nitrogens with one attached hydrogen (secondary N) is 1. The Morgan fingerprint density at radius 1 is 1.25 bits per heavy atom. The van der Waals surface area contributed by atoms with Crippen molar-refractivity contribution in [3.05, 3.63) is 29.8 Å². The van der Waals surface area contributed by atoms with E-state index in [9.17, 15) is 0 Å². The molecule has 0 spiro atoms. The summed E-state index contributed by atoms with van der Waals surface area (Å²) < 4.78 is 5.11. The minimum absolute atomic E-state index is 0.512. The molecule has 2 heterocycles. The van der Waals surface area contributed by atoms with E-state index in [1.165, 1.54) is 19.2 Å². The molecule has 0 bridgehead atoms. The maximum atomic E-state index is 5.11. The second-order valence-corrected chi connectivity index (χ2v) is 4.93. The molecule has 1 fully saturated rings. The van der Waals surface area contributed by atoms with Crippen LogP contribution in [0.3, 0.4) is 0 Å². The van der Waals surface area contributed by atoms with Gasteiger partial charge in [0.15, 0.2) is 5.82 Å². The Morgan fingerprint density at radius 3 is 2.85 bits per heavy atom. The maximum absolute atomic E-state index is 5.11. The van der Waals surface area contributed by atoms with E-state index in [-0.39, 0.29) is 0 Å². The highest BCUT2D eigenvalue weighted by Crippen LogP contribution is 2.20. The zero-order chi connectivity index (χ0) is 13.9. The first-order chi connectivity index (χ1) is 9.74. The van der Waals surface area contributed by atoms with Crippen molar-refractivity contribution < 1.29 is 4.74 Å². The van der Waals surface area contributed by atoms with Crippen molar-refractivity contribution in [3.8, 4) is 17.4 Å². The molecule has 6 heteroatoms. The molecule has 0 unspecified atom stereocenters. The highest BCUT2D eigenvalue weighted by molar-refractivity contribution is 5.50. The molecule has 1 N–H and O–H groups in total. The number of aromatic nitrogens is 4. The molecule has 0 radical (unpaired) electrons. The zero-order valence-electron chi connectivity index (χ0n) is 11.6. The van der Waals surface area contributed by atoms with Crippen LogP contribution in [0.1, 0.15) is 24.2 Å². The predicted molar refractivity (Wildman–Crippen MR) is 74.2 cm³/mol. The van der Waals surface area contributed by atoms with E-state index in [0.717, 1.165) is 17.9 Å². The quantitative estimate of drug-likeness (QED) is 0.888. The molecule has 104 valence electrons. The summed E-state index contributed by atoms with van der Waals surface area (Å²) in [6.45, 7) is 2.73. The fourth-order valence-corrected chi connectivity index (χ4v) is 1.95. The second-order valence-electron chi connectivity index (χ2n) is 4.93. The molecule has 6 nitrogen and oxygen atoms in total. The molecular formula is C14H17N5O. The normalized spacial score (nSPS) is 14.3. The largest absolute Gasteiger partial charge is 0.481 e. The van der Waals surface area contributed by atoms with E-state index in [1.54, 1.807) is 13.2 Å². The number of nitrogens with zero attached hydrogens (tertiary/aromatic N) is 4. The third kappa shape index (κ3) is 3.08. The lowest BCUT2D eigenvalue weighted by atomic mass is 10.3. The van der Waals surface area contributed by atoms with Crippen LogP contribution < -0.4 is 10.1 Å². The first-order valence-corrected chi connectivity index (χ1v) is 6.69. The molecule has 1 aliphatic carbocycles. The van der Waals surface area contributed by atoms with E-state index in [0.29, 0.717) is 23.4 Å². The number of methoxy groups -OCH3 is 1. The minimum Gasteiger partial charge on any atom is -0.481 e. The van der Waals surface area contributed by atoms with Gasteiger partial charge in [-0.15, -0.1) is 0 Å². The average molecular weight is 271 g/mol. The summed E-state index contributed by atoms with van der Waals surface area (Å²) in [5, 5.41) is 3.45. The highest BCUT2D eigenvalue weighted by atomic mass is 16.5.